The first-order valence-corrected chi connectivity index (χ1v) is 6.47. The molecule has 2 atom stereocenters. The first-order valence-electron chi connectivity index (χ1n) is 6.47. The molecule has 2 rings (SSSR count). The van der Waals surface area contributed by atoms with Crippen molar-refractivity contribution in [2.24, 2.45) is 0 Å². The molecule has 0 radical (unpaired) electrons. The van der Waals surface area contributed by atoms with E-state index in [2.05, 4.69) is 24.1 Å². The van der Waals surface area contributed by atoms with E-state index in [1.54, 1.807) is 0 Å². The molecule has 1 aliphatic heterocycles. The summed E-state index contributed by atoms with van der Waals surface area (Å²) in [6.07, 6.45) is 0. The number of carbonyl (C=O) groups excluding carboxylic acids is 1. The fraction of sp³-hybridized carbons (Fsp3) is 0.571. The zero-order valence-electron chi connectivity index (χ0n) is 12.3. The van der Waals surface area contributed by atoms with E-state index in [9.17, 15) is 4.79 Å². The number of hydrogen-bond donors (Lipinski definition) is 1. The number of hydrogen-bond acceptors (Lipinski definition) is 3. The predicted octanol–water partition coefficient (Wildman–Crippen LogP) is 2.36. The summed E-state index contributed by atoms with van der Waals surface area (Å²) >= 11 is 0. The highest BCUT2D eigenvalue weighted by Crippen LogP contribution is 2.15. The van der Waals surface area contributed by atoms with E-state index < -0.39 is 0 Å². The van der Waals surface area contributed by atoms with Crippen molar-refractivity contribution in [3.63, 3.8) is 0 Å². The molecular formula is C14H23Cl2N3O. The van der Waals surface area contributed by atoms with Crippen LogP contribution < -0.4 is 5.32 Å². The van der Waals surface area contributed by atoms with Gasteiger partial charge in [0.2, 0.25) is 0 Å². The van der Waals surface area contributed by atoms with E-state index in [0.29, 0.717) is 6.04 Å². The summed E-state index contributed by atoms with van der Waals surface area (Å²) in [4.78, 5) is 18.9. The Bertz CT molecular complexity index is 468. The number of halogens is 2. The van der Waals surface area contributed by atoms with E-state index in [-0.39, 0.29) is 36.8 Å². The number of aromatic nitrogens is 1. The van der Waals surface area contributed by atoms with Crippen molar-refractivity contribution in [1.82, 2.24) is 15.2 Å². The minimum absolute atomic E-state index is 0. The van der Waals surface area contributed by atoms with Crippen molar-refractivity contribution in [1.29, 1.82) is 0 Å². The topological polar surface area (TPSA) is 45.2 Å². The molecule has 114 valence electrons. The Balaban J connectivity index is 0.00000180. The van der Waals surface area contributed by atoms with Gasteiger partial charge in [0, 0.05) is 30.9 Å². The third kappa shape index (κ3) is 4.08. The van der Waals surface area contributed by atoms with Gasteiger partial charge in [-0.2, -0.15) is 0 Å². The van der Waals surface area contributed by atoms with E-state index in [0.717, 1.165) is 30.0 Å². The lowest BCUT2D eigenvalue weighted by atomic mass is 10.1. The highest BCUT2D eigenvalue weighted by molar-refractivity contribution is 5.95. The summed E-state index contributed by atoms with van der Waals surface area (Å²) < 4.78 is 0. The van der Waals surface area contributed by atoms with Gasteiger partial charge in [-0.25, -0.2) is 0 Å². The molecule has 1 aromatic rings. The molecule has 20 heavy (non-hydrogen) atoms. The second-order valence-corrected chi connectivity index (χ2v) is 5.20. The lowest BCUT2D eigenvalue weighted by Gasteiger charge is -2.37. The van der Waals surface area contributed by atoms with Gasteiger partial charge in [0.25, 0.3) is 5.91 Å². The first-order chi connectivity index (χ1) is 8.49. The fourth-order valence-electron chi connectivity index (χ4n) is 2.37. The molecule has 1 saturated heterocycles. The fourth-order valence-corrected chi connectivity index (χ4v) is 2.37. The molecule has 1 N–H and O–H groups in total. The van der Waals surface area contributed by atoms with Crippen LogP contribution in [-0.4, -0.2) is 41.0 Å². The van der Waals surface area contributed by atoms with Gasteiger partial charge in [-0.15, -0.1) is 24.8 Å². The lowest BCUT2D eigenvalue weighted by molar-refractivity contribution is 0.0615. The number of nitrogens with one attached hydrogen (secondary N) is 1. The molecule has 0 bridgehead atoms. The Morgan fingerprint density at radius 1 is 1.30 bits per heavy atom. The van der Waals surface area contributed by atoms with Crippen LogP contribution >= 0.6 is 24.8 Å². The molecule has 0 aromatic carbocycles. The minimum atomic E-state index is 0. The predicted molar refractivity (Wildman–Crippen MR) is 86.2 cm³/mol. The molecule has 1 aromatic heterocycles. The second kappa shape index (κ2) is 7.81. The van der Waals surface area contributed by atoms with Gasteiger partial charge >= 0.3 is 0 Å². The van der Waals surface area contributed by atoms with Gasteiger partial charge in [0.1, 0.15) is 0 Å². The molecule has 6 heteroatoms. The Morgan fingerprint density at radius 3 is 2.55 bits per heavy atom. The summed E-state index contributed by atoms with van der Waals surface area (Å²) in [5.74, 6) is 0.0980. The Hall–Kier alpha value is -0.840. The van der Waals surface area contributed by atoms with Gasteiger partial charge in [-0.1, -0.05) is 0 Å². The van der Waals surface area contributed by atoms with Gasteiger partial charge in [-0.3, -0.25) is 9.78 Å². The second-order valence-electron chi connectivity index (χ2n) is 5.20. The highest BCUT2D eigenvalue weighted by atomic mass is 35.5. The maximum absolute atomic E-state index is 12.5. The van der Waals surface area contributed by atoms with Crippen molar-refractivity contribution < 1.29 is 4.79 Å². The summed E-state index contributed by atoms with van der Waals surface area (Å²) in [7, 11) is 0. The number of piperazine rings is 1. The number of rotatable bonds is 1. The van der Waals surface area contributed by atoms with E-state index in [4.69, 9.17) is 0 Å². The molecular weight excluding hydrogens is 297 g/mol. The molecule has 0 aliphatic carbocycles. The maximum Gasteiger partial charge on any atom is 0.256 e. The van der Waals surface area contributed by atoms with E-state index >= 15 is 0 Å². The van der Waals surface area contributed by atoms with Crippen LogP contribution in [0.5, 0.6) is 0 Å². The molecule has 0 saturated carbocycles. The van der Waals surface area contributed by atoms with E-state index in [1.165, 1.54) is 0 Å². The zero-order valence-corrected chi connectivity index (χ0v) is 14.0. The van der Waals surface area contributed by atoms with Gasteiger partial charge in [0.15, 0.2) is 0 Å². The summed E-state index contributed by atoms with van der Waals surface area (Å²) in [5, 5.41) is 3.38. The molecule has 1 fully saturated rings. The molecule has 1 aliphatic rings. The minimum Gasteiger partial charge on any atom is -0.333 e. The van der Waals surface area contributed by atoms with Gasteiger partial charge in [-0.05, 0) is 39.8 Å². The van der Waals surface area contributed by atoms with Crippen molar-refractivity contribution in [3.8, 4) is 0 Å². The Labute approximate surface area is 133 Å². The van der Waals surface area contributed by atoms with Crippen LogP contribution in [0.1, 0.15) is 35.6 Å². The molecule has 2 unspecified atom stereocenters. The van der Waals surface area contributed by atoms with Crippen molar-refractivity contribution in [3.05, 3.63) is 29.1 Å². The van der Waals surface area contributed by atoms with Crippen LogP contribution in [0.2, 0.25) is 0 Å². The normalized spacial score (nSPS) is 21.7. The van der Waals surface area contributed by atoms with Crippen LogP contribution in [0.3, 0.4) is 0 Å². The Morgan fingerprint density at radius 2 is 1.95 bits per heavy atom. The Kier molecular flexibility index (Phi) is 7.49. The third-order valence-electron chi connectivity index (χ3n) is 3.48. The monoisotopic (exact) mass is 319 g/mol. The molecule has 2 heterocycles. The summed E-state index contributed by atoms with van der Waals surface area (Å²) in [6, 6.07) is 4.37. The molecule has 0 spiro atoms. The largest absolute Gasteiger partial charge is 0.333 e. The smallest absolute Gasteiger partial charge is 0.256 e. The van der Waals surface area contributed by atoms with E-state index in [1.807, 2.05) is 30.9 Å². The lowest BCUT2D eigenvalue weighted by Crippen LogP contribution is -2.56. The van der Waals surface area contributed by atoms with Crippen LogP contribution in [0.15, 0.2) is 12.1 Å². The summed E-state index contributed by atoms with van der Waals surface area (Å²) in [5.41, 5.74) is 2.49. The maximum atomic E-state index is 12.5. The van der Waals surface area contributed by atoms with Crippen molar-refractivity contribution >= 4 is 30.7 Å². The van der Waals surface area contributed by atoms with Crippen molar-refractivity contribution in [2.45, 2.75) is 39.8 Å². The number of pyridine rings is 1. The average molecular weight is 320 g/mol. The van der Waals surface area contributed by atoms with Crippen molar-refractivity contribution in [2.75, 3.05) is 13.1 Å². The highest BCUT2D eigenvalue weighted by Gasteiger charge is 2.28. The van der Waals surface area contributed by atoms with Crippen LogP contribution in [0.25, 0.3) is 0 Å². The quantitative estimate of drug-likeness (QED) is 0.864. The van der Waals surface area contributed by atoms with Crippen LogP contribution in [0, 0.1) is 13.8 Å². The zero-order chi connectivity index (χ0) is 13.3. The number of nitrogens with zero attached hydrogens (tertiary/aromatic N) is 2. The standard InChI is InChI=1S/C14H21N3O.2ClH/c1-9-5-6-13(12(4)16-9)14(18)17-8-10(2)15-7-11(17)3;;/h5-6,10-11,15H,7-8H2,1-4H3;2*1H. The SMILES string of the molecule is Cc1ccc(C(=O)N2CC(C)NCC2C)c(C)n1.Cl.Cl. The average Bonchev–Trinajstić information content (AvgIpc) is 2.31. The number of carbonyl (C=O) groups is 1. The summed E-state index contributed by atoms with van der Waals surface area (Å²) in [6.45, 7) is 9.63. The molecule has 4 nitrogen and oxygen atoms in total. The third-order valence-corrected chi connectivity index (χ3v) is 3.48. The molecule has 1 amide bonds. The number of aryl methyl sites for hydroxylation is 2. The number of amides is 1. The van der Waals surface area contributed by atoms with Gasteiger partial charge < -0.3 is 10.2 Å². The van der Waals surface area contributed by atoms with Gasteiger partial charge in [0.05, 0.1) is 11.3 Å². The van der Waals surface area contributed by atoms with Crippen LogP contribution in [-0.2, 0) is 0 Å². The van der Waals surface area contributed by atoms with Crippen LogP contribution in [0.4, 0.5) is 0 Å². The first kappa shape index (κ1) is 19.2.